The van der Waals surface area contributed by atoms with Crippen molar-refractivity contribution in [1.29, 1.82) is 0 Å². The minimum atomic E-state index is -0.796. The van der Waals surface area contributed by atoms with E-state index in [9.17, 15) is 14.4 Å². The highest BCUT2D eigenvalue weighted by atomic mass is 16.4. The minimum absolute atomic E-state index is 0.111. The maximum atomic E-state index is 12.6. The predicted molar refractivity (Wildman–Crippen MR) is 104 cm³/mol. The maximum Gasteiger partial charge on any atom is 0.306 e. The number of amides is 2. The van der Waals surface area contributed by atoms with Crippen LogP contribution in [0.1, 0.15) is 35.3 Å². The zero-order valence-corrected chi connectivity index (χ0v) is 15.5. The second-order valence-corrected chi connectivity index (χ2v) is 6.85. The van der Waals surface area contributed by atoms with Gasteiger partial charge in [0.2, 0.25) is 5.91 Å². The Balaban J connectivity index is 1.49. The number of aliphatic carboxylic acids is 1. The molecular weight excluding hydrogens is 358 g/mol. The van der Waals surface area contributed by atoms with Crippen molar-refractivity contribution in [3.63, 3.8) is 0 Å². The molecular formula is C21H23N3O4. The molecule has 2 heterocycles. The molecule has 0 atom stereocenters. The molecule has 0 spiro atoms. The van der Waals surface area contributed by atoms with Gasteiger partial charge in [0.05, 0.1) is 5.92 Å². The lowest BCUT2D eigenvalue weighted by Crippen LogP contribution is -2.40. The third-order valence-electron chi connectivity index (χ3n) is 4.88. The average molecular weight is 381 g/mol. The number of piperidine rings is 1. The van der Waals surface area contributed by atoms with Crippen molar-refractivity contribution in [2.45, 2.75) is 25.7 Å². The zero-order chi connectivity index (χ0) is 19.9. The third-order valence-corrected chi connectivity index (χ3v) is 4.88. The molecule has 2 N–H and O–H groups in total. The Kier molecular flexibility index (Phi) is 6.37. The molecule has 0 radical (unpaired) electrons. The monoisotopic (exact) mass is 381 g/mol. The van der Waals surface area contributed by atoms with Crippen LogP contribution in [0.15, 0.2) is 48.7 Å². The van der Waals surface area contributed by atoms with E-state index in [-0.39, 0.29) is 17.7 Å². The van der Waals surface area contributed by atoms with Crippen molar-refractivity contribution in [1.82, 2.24) is 9.88 Å². The first-order valence-corrected chi connectivity index (χ1v) is 9.35. The van der Waals surface area contributed by atoms with Crippen LogP contribution in [0.25, 0.3) is 0 Å². The highest BCUT2D eigenvalue weighted by Crippen LogP contribution is 2.20. The molecule has 1 aliphatic rings. The number of nitrogens with one attached hydrogen (secondary N) is 1. The van der Waals surface area contributed by atoms with Crippen LogP contribution in [-0.2, 0) is 16.0 Å². The zero-order valence-electron chi connectivity index (χ0n) is 15.5. The Morgan fingerprint density at radius 2 is 1.79 bits per heavy atom. The molecule has 0 unspecified atom stereocenters. The van der Waals surface area contributed by atoms with Crippen LogP contribution in [0.2, 0.25) is 0 Å². The van der Waals surface area contributed by atoms with Gasteiger partial charge in [0.25, 0.3) is 5.91 Å². The predicted octanol–water partition coefficient (Wildman–Crippen LogP) is 2.59. The van der Waals surface area contributed by atoms with Gasteiger partial charge < -0.3 is 15.3 Å². The summed E-state index contributed by atoms with van der Waals surface area (Å²) in [6.07, 6.45) is 3.55. The second kappa shape index (κ2) is 9.12. The van der Waals surface area contributed by atoms with Crippen molar-refractivity contribution >= 4 is 23.5 Å². The number of hydrogen-bond donors (Lipinski definition) is 2. The van der Waals surface area contributed by atoms with Crippen molar-refractivity contribution in [3.05, 3.63) is 59.9 Å². The van der Waals surface area contributed by atoms with Gasteiger partial charge in [-0.2, -0.15) is 0 Å². The fourth-order valence-electron chi connectivity index (χ4n) is 3.22. The first kappa shape index (κ1) is 19.5. The minimum Gasteiger partial charge on any atom is -0.481 e. The van der Waals surface area contributed by atoms with Gasteiger partial charge in [0.15, 0.2) is 0 Å². The number of pyridine rings is 1. The Hall–Kier alpha value is -3.22. The number of anilines is 1. The molecule has 2 aromatic rings. The third kappa shape index (κ3) is 5.16. The molecule has 146 valence electrons. The van der Waals surface area contributed by atoms with Crippen LogP contribution in [-0.4, -0.2) is 45.9 Å². The Labute approximate surface area is 163 Å². The number of aromatic nitrogens is 1. The quantitative estimate of drug-likeness (QED) is 0.801. The topological polar surface area (TPSA) is 99.6 Å². The van der Waals surface area contributed by atoms with Crippen LogP contribution in [0.5, 0.6) is 0 Å². The number of carbonyl (C=O) groups excluding carboxylic acids is 2. The summed E-state index contributed by atoms with van der Waals surface area (Å²) in [5.74, 6) is -1.39. The number of hydrogen-bond acceptors (Lipinski definition) is 4. The average Bonchev–Trinajstić information content (AvgIpc) is 2.73. The first-order valence-electron chi connectivity index (χ1n) is 9.35. The van der Waals surface area contributed by atoms with E-state index < -0.39 is 5.97 Å². The number of nitrogens with zero attached hydrogens (tertiary/aromatic N) is 2. The molecule has 3 rings (SSSR count). The summed E-state index contributed by atoms with van der Waals surface area (Å²) in [7, 11) is 0. The molecule has 0 bridgehead atoms. The van der Waals surface area contributed by atoms with Gasteiger partial charge in [-0.25, -0.2) is 0 Å². The maximum absolute atomic E-state index is 12.6. The van der Waals surface area contributed by atoms with Crippen molar-refractivity contribution in [2.24, 2.45) is 5.92 Å². The van der Waals surface area contributed by atoms with Crippen LogP contribution < -0.4 is 5.32 Å². The van der Waals surface area contributed by atoms with Gasteiger partial charge in [-0.1, -0.05) is 6.07 Å². The summed E-state index contributed by atoms with van der Waals surface area (Å²) in [4.78, 5) is 41.5. The lowest BCUT2D eigenvalue weighted by Gasteiger charge is -2.30. The van der Waals surface area contributed by atoms with Gasteiger partial charge in [-0.3, -0.25) is 19.4 Å². The molecule has 1 fully saturated rings. The van der Waals surface area contributed by atoms with Gasteiger partial charge in [0.1, 0.15) is 0 Å². The fraction of sp³-hybridized carbons (Fsp3) is 0.333. The number of carboxylic acid groups (broad SMARTS) is 1. The smallest absolute Gasteiger partial charge is 0.306 e. The van der Waals surface area contributed by atoms with Gasteiger partial charge in [0, 0.05) is 42.7 Å². The summed E-state index contributed by atoms with van der Waals surface area (Å²) in [5, 5.41) is 11.9. The highest BCUT2D eigenvalue weighted by molar-refractivity contribution is 5.96. The summed E-state index contributed by atoms with van der Waals surface area (Å²) >= 11 is 0. The Morgan fingerprint density at radius 3 is 2.39 bits per heavy atom. The van der Waals surface area contributed by atoms with Crippen molar-refractivity contribution in [2.75, 3.05) is 18.4 Å². The molecule has 0 saturated carbocycles. The number of aryl methyl sites for hydroxylation is 1. The molecule has 1 saturated heterocycles. The Bertz CT molecular complexity index is 828. The first-order chi connectivity index (χ1) is 13.5. The van der Waals surface area contributed by atoms with Crippen LogP contribution in [0, 0.1) is 5.92 Å². The van der Waals surface area contributed by atoms with E-state index in [2.05, 4.69) is 10.3 Å². The molecule has 1 aliphatic heterocycles. The molecule has 7 nitrogen and oxygen atoms in total. The van der Waals surface area contributed by atoms with E-state index in [0.717, 1.165) is 5.69 Å². The number of carbonyl (C=O) groups is 3. The summed E-state index contributed by atoms with van der Waals surface area (Å²) < 4.78 is 0. The SMILES string of the molecule is O=C(CCc1ccccn1)Nc1ccc(C(=O)N2CCC(C(=O)O)CC2)cc1. The molecule has 2 amide bonds. The van der Waals surface area contributed by atoms with Gasteiger partial charge in [-0.15, -0.1) is 0 Å². The van der Waals surface area contributed by atoms with E-state index >= 15 is 0 Å². The van der Waals surface area contributed by atoms with Crippen LogP contribution in [0.4, 0.5) is 5.69 Å². The number of benzene rings is 1. The van der Waals surface area contributed by atoms with Gasteiger partial charge >= 0.3 is 5.97 Å². The van der Waals surface area contributed by atoms with E-state index in [1.165, 1.54) is 0 Å². The van der Waals surface area contributed by atoms with Crippen molar-refractivity contribution < 1.29 is 19.5 Å². The number of rotatable bonds is 6. The second-order valence-electron chi connectivity index (χ2n) is 6.85. The summed E-state index contributed by atoms with van der Waals surface area (Å²) in [6, 6.07) is 12.4. The lowest BCUT2D eigenvalue weighted by atomic mass is 9.96. The molecule has 0 aliphatic carbocycles. The fourth-order valence-corrected chi connectivity index (χ4v) is 3.22. The molecule has 28 heavy (non-hydrogen) atoms. The molecule has 7 heteroatoms. The van der Waals surface area contributed by atoms with Crippen LogP contribution in [0.3, 0.4) is 0 Å². The molecule has 1 aromatic carbocycles. The van der Waals surface area contributed by atoms with Gasteiger partial charge in [-0.05, 0) is 55.7 Å². The number of likely N-dealkylation sites (tertiary alicyclic amines) is 1. The van der Waals surface area contributed by atoms with E-state index in [0.29, 0.717) is 50.0 Å². The lowest BCUT2D eigenvalue weighted by molar-refractivity contribution is -0.143. The van der Waals surface area contributed by atoms with Crippen molar-refractivity contribution in [3.8, 4) is 0 Å². The largest absolute Gasteiger partial charge is 0.481 e. The summed E-state index contributed by atoms with van der Waals surface area (Å²) in [5.41, 5.74) is 2.03. The Morgan fingerprint density at radius 1 is 1.07 bits per heavy atom. The summed E-state index contributed by atoms with van der Waals surface area (Å²) in [6.45, 7) is 0.892. The van der Waals surface area contributed by atoms with E-state index in [1.807, 2.05) is 18.2 Å². The van der Waals surface area contributed by atoms with E-state index in [4.69, 9.17) is 5.11 Å². The molecule has 1 aromatic heterocycles. The normalized spacial score (nSPS) is 14.5. The standard InChI is InChI=1S/C21H23N3O4/c25-19(9-8-17-3-1-2-12-22-17)23-18-6-4-15(5-7-18)20(26)24-13-10-16(11-14-24)21(27)28/h1-7,12,16H,8-11,13-14H2,(H,23,25)(H,27,28). The highest BCUT2D eigenvalue weighted by Gasteiger charge is 2.27. The number of carboxylic acids is 1. The van der Waals surface area contributed by atoms with E-state index in [1.54, 1.807) is 35.4 Å². The van der Waals surface area contributed by atoms with Crippen LogP contribution >= 0.6 is 0 Å².